The van der Waals surface area contributed by atoms with Crippen LogP contribution in [0.2, 0.25) is 0 Å². The summed E-state index contributed by atoms with van der Waals surface area (Å²) in [5, 5.41) is 10.2. The number of hydrogen-bond donors (Lipinski definition) is 2. The van der Waals surface area contributed by atoms with Crippen molar-refractivity contribution >= 4 is 17.6 Å². The first-order valence-electron chi connectivity index (χ1n) is 5.68. The Bertz CT molecular complexity index is 463. The number of carbonyl (C=O) groups excluding carboxylic acids is 1. The predicted octanol–water partition coefficient (Wildman–Crippen LogP) is 1.26. The molecule has 1 aromatic carbocycles. The lowest BCUT2D eigenvalue weighted by atomic mass is 10.2. The molecule has 0 radical (unpaired) electrons. The molecular weight excluding hydrogens is 277 g/mol. The van der Waals surface area contributed by atoms with E-state index in [9.17, 15) is 18.0 Å². The largest absolute Gasteiger partial charge is 0.490 e. The van der Waals surface area contributed by atoms with Crippen molar-refractivity contribution in [2.24, 2.45) is 0 Å². The zero-order valence-corrected chi connectivity index (χ0v) is 10.4. The van der Waals surface area contributed by atoms with Gasteiger partial charge in [0.15, 0.2) is 0 Å². The van der Waals surface area contributed by atoms with Crippen molar-refractivity contribution in [1.82, 2.24) is 5.32 Å². The number of alkyl halides is 3. The van der Waals surface area contributed by atoms with Gasteiger partial charge in [0.2, 0.25) is 5.91 Å². The van der Waals surface area contributed by atoms with Gasteiger partial charge in [0, 0.05) is 18.8 Å². The summed E-state index contributed by atoms with van der Waals surface area (Å²) in [5.41, 5.74) is 0.994. The van der Waals surface area contributed by atoms with Crippen LogP contribution in [0, 0.1) is 0 Å². The molecule has 1 aliphatic rings. The van der Waals surface area contributed by atoms with Gasteiger partial charge in [0.25, 0.3) is 0 Å². The first-order valence-corrected chi connectivity index (χ1v) is 5.68. The number of rotatable bonds is 1. The summed E-state index contributed by atoms with van der Waals surface area (Å²) in [6.07, 6.45) is -5.08. The van der Waals surface area contributed by atoms with E-state index in [1.54, 1.807) is 0 Å². The standard InChI is InChI=1S/C10H12N2O.C2HF3O2/c13-10-8-11-6-7-12(10)9-4-2-1-3-5-9;3-2(4,5)1(6)7/h1-5,11H,6-8H2;(H,6,7). The molecule has 0 bridgehead atoms. The Labute approximate surface area is 113 Å². The van der Waals surface area contributed by atoms with Gasteiger partial charge in [-0.05, 0) is 12.1 Å². The maximum Gasteiger partial charge on any atom is 0.490 e. The number of carbonyl (C=O) groups is 2. The average molecular weight is 290 g/mol. The number of anilines is 1. The number of halogens is 3. The zero-order chi connectivity index (χ0) is 15.2. The fourth-order valence-corrected chi connectivity index (χ4v) is 1.49. The Balaban J connectivity index is 0.000000246. The number of amides is 1. The van der Waals surface area contributed by atoms with E-state index in [0.717, 1.165) is 18.8 Å². The second-order valence-electron chi connectivity index (χ2n) is 3.86. The fraction of sp³-hybridized carbons (Fsp3) is 0.333. The van der Waals surface area contributed by atoms with E-state index in [1.807, 2.05) is 35.2 Å². The van der Waals surface area contributed by atoms with Gasteiger partial charge in [-0.1, -0.05) is 18.2 Å². The lowest BCUT2D eigenvalue weighted by Gasteiger charge is -2.27. The van der Waals surface area contributed by atoms with Gasteiger partial charge in [0.1, 0.15) is 0 Å². The van der Waals surface area contributed by atoms with Gasteiger partial charge >= 0.3 is 12.1 Å². The fourth-order valence-electron chi connectivity index (χ4n) is 1.49. The van der Waals surface area contributed by atoms with Crippen LogP contribution in [-0.2, 0) is 9.59 Å². The zero-order valence-electron chi connectivity index (χ0n) is 10.4. The summed E-state index contributed by atoms with van der Waals surface area (Å²) in [7, 11) is 0. The molecule has 1 amide bonds. The third kappa shape index (κ3) is 4.88. The van der Waals surface area contributed by atoms with E-state index in [1.165, 1.54) is 0 Å². The molecule has 8 heteroatoms. The number of carboxylic acids is 1. The molecule has 20 heavy (non-hydrogen) atoms. The van der Waals surface area contributed by atoms with E-state index < -0.39 is 12.1 Å². The SMILES string of the molecule is O=C(O)C(F)(F)F.O=C1CNCCN1c1ccccc1. The first kappa shape index (κ1) is 16.0. The summed E-state index contributed by atoms with van der Waals surface area (Å²) in [4.78, 5) is 22.2. The third-order valence-corrected chi connectivity index (χ3v) is 2.40. The number of piperazine rings is 1. The maximum absolute atomic E-state index is 11.5. The Morgan fingerprint density at radius 2 is 1.80 bits per heavy atom. The molecule has 1 aromatic rings. The number of carboxylic acid groups (broad SMARTS) is 1. The Hall–Kier alpha value is -2.09. The molecule has 0 aromatic heterocycles. The highest BCUT2D eigenvalue weighted by atomic mass is 19.4. The molecule has 0 saturated carbocycles. The Morgan fingerprint density at radius 1 is 1.25 bits per heavy atom. The second-order valence-corrected chi connectivity index (χ2v) is 3.86. The van der Waals surface area contributed by atoms with Crippen molar-refractivity contribution in [2.75, 3.05) is 24.5 Å². The van der Waals surface area contributed by atoms with Gasteiger partial charge in [0.05, 0.1) is 6.54 Å². The molecule has 1 saturated heterocycles. The number of nitrogens with zero attached hydrogens (tertiary/aromatic N) is 1. The van der Waals surface area contributed by atoms with Crippen LogP contribution in [0.3, 0.4) is 0 Å². The molecule has 0 unspecified atom stereocenters. The second kappa shape index (κ2) is 6.90. The number of para-hydroxylation sites is 1. The molecule has 1 fully saturated rings. The summed E-state index contributed by atoms with van der Waals surface area (Å²) >= 11 is 0. The van der Waals surface area contributed by atoms with Crippen LogP contribution in [0.5, 0.6) is 0 Å². The van der Waals surface area contributed by atoms with Crippen LogP contribution < -0.4 is 10.2 Å². The van der Waals surface area contributed by atoms with Crippen molar-refractivity contribution in [3.63, 3.8) is 0 Å². The van der Waals surface area contributed by atoms with Crippen LogP contribution in [0.25, 0.3) is 0 Å². The van der Waals surface area contributed by atoms with Crippen LogP contribution >= 0.6 is 0 Å². The van der Waals surface area contributed by atoms with Crippen LogP contribution in [0.1, 0.15) is 0 Å². The molecule has 1 heterocycles. The normalized spacial score (nSPS) is 15.3. The van der Waals surface area contributed by atoms with Crippen LogP contribution in [-0.4, -0.2) is 42.8 Å². The van der Waals surface area contributed by atoms with E-state index in [0.29, 0.717) is 6.54 Å². The van der Waals surface area contributed by atoms with Crippen molar-refractivity contribution in [1.29, 1.82) is 0 Å². The third-order valence-electron chi connectivity index (χ3n) is 2.40. The van der Waals surface area contributed by atoms with Crippen molar-refractivity contribution in [3.8, 4) is 0 Å². The number of hydrogen-bond acceptors (Lipinski definition) is 3. The minimum absolute atomic E-state index is 0.150. The van der Waals surface area contributed by atoms with Gasteiger partial charge in [-0.15, -0.1) is 0 Å². The lowest BCUT2D eigenvalue weighted by Crippen LogP contribution is -2.48. The molecular formula is C12H13F3N2O3. The Morgan fingerprint density at radius 3 is 2.25 bits per heavy atom. The quantitative estimate of drug-likeness (QED) is 0.817. The van der Waals surface area contributed by atoms with Gasteiger partial charge in [-0.25, -0.2) is 4.79 Å². The molecule has 0 spiro atoms. The van der Waals surface area contributed by atoms with Gasteiger partial charge < -0.3 is 15.3 Å². The summed E-state index contributed by atoms with van der Waals surface area (Å²) in [5.74, 6) is -2.61. The summed E-state index contributed by atoms with van der Waals surface area (Å²) in [6, 6.07) is 9.78. The molecule has 2 rings (SSSR count). The van der Waals surface area contributed by atoms with Crippen molar-refractivity contribution < 1.29 is 27.9 Å². The lowest BCUT2D eigenvalue weighted by molar-refractivity contribution is -0.192. The van der Waals surface area contributed by atoms with Crippen molar-refractivity contribution in [2.45, 2.75) is 6.18 Å². The smallest absolute Gasteiger partial charge is 0.475 e. The number of nitrogens with one attached hydrogen (secondary N) is 1. The highest BCUT2D eigenvalue weighted by molar-refractivity contribution is 5.95. The summed E-state index contributed by atoms with van der Waals surface area (Å²) < 4.78 is 31.7. The van der Waals surface area contributed by atoms with Crippen molar-refractivity contribution in [3.05, 3.63) is 30.3 Å². The van der Waals surface area contributed by atoms with E-state index in [4.69, 9.17) is 9.90 Å². The van der Waals surface area contributed by atoms with Crippen LogP contribution in [0.15, 0.2) is 30.3 Å². The molecule has 5 nitrogen and oxygen atoms in total. The van der Waals surface area contributed by atoms with E-state index in [-0.39, 0.29) is 5.91 Å². The first-order chi connectivity index (χ1) is 9.32. The topological polar surface area (TPSA) is 69.6 Å². The van der Waals surface area contributed by atoms with Gasteiger partial charge in [-0.2, -0.15) is 13.2 Å². The Kier molecular flexibility index (Phi) is 5.51. The highest BCUT2D eigenvalue weighted by Gasteiger charge is 2.38. The molecule has 0 atom stereocenters. The predicted molar refractivity (Wildman–Crippen MR) is 65.4 cm³/mol. The van der Waals surface area contributed by atoms with Crippen LogP contribution in [0.4, 0.5) is 18.9 Å². The monoisotopic (exact) mass is 290 g/mol. The molecule has 1 aliphatic heterocycles. The molecule has 0 aliphatic carbocycles. The van der Waals surface area contributed by atoms with E-state index >= 15 is 0 Å². The average Bonchev–Trinajstić information content (AvgIpc) is 2.40. The summed E-state index contributed by atoms with van der Waals surface area (Å²) in [6.45, 7) is 2.10. The van der Waals surface area contributed by atoms with E-state index in [2.05, 4.69) is 5.32 Å². The minimum atomic E-state index is -5.08. The number of benzene rings is 1. The molecule has 2 N–H and O–H groups in total. The maximum atomic E-state index is 11.5. The number of aliphatic carboxylic acids is 1. The minimum Gasteiger partial charge on any atom is -0.475 e. The van der Waals surface area contributed by atoms with Gasteiger partial charge in [-0.3, -0.25) is 4.79 Å². The molecule has 110 valence electrons. The highest BCUT2D eigenvalue weighted by Crippen LogP contribution is 2.14.